The second-order valence-electron chi connectivity index (χ2n) is 4.28. The minimum Gasteiger partial charge on any atom is -0.457 e. The number of esters is 1. The molecule has 0 bridgehead atoms. The van der Waals surface area contributed by atoms with Gasteiger partial charge in [-0.1, -0.05) is 28.1 Å². The normalized spacial score (nSPS) is 11.1. The monoisotopic (exact) mass is 369 g/mol. The minimum atomic E-state index is -3.76. The maximum atomic E-state index is 11.8. The lowest BCUT2D eigenvalue weighted by molar-refractivity contribution is 0.0472. The highest BCUT2D eigenvalue weighted by Gasteiger charge is 2.11. The van der Waals surface area contributed by atoms with Gasteiger partial charge >= 0.3 is 5.97 Å². The molecule has 2 N–H and O–H groups in total. The van der Waals surface area contributed by atoms with Gasteiger partial charge in [0.15, 0.2) is 0 Å². The van der Waals surface area contributed by atoms with Gasteiger partial charge in [-0.3, -0.25) is 0 Å². The van der Waals surface area contributed by atoms with Crippen LogP contribution in [0.5, 0.6) is 0 Å². The smallest absolute Gasteiger partial charge is 0.338 e. The zero-order valence-electron chi connectivity index (χ0n) is 10.8. The first kappa shape index (κ1) is 15.7. The van der Waals surface area contributed by atoms with Gasteiger partial charge < -0.3 is 4.74 Å². The van der Waals surface area contributed by atoms with Crippen molar-refractivity contribution in [3.8, 4) is 0 Å². The Balaban J connectivity index is 2.04. The summed E-state index contributed by atoms with van der Waals surface area (Å²) in [5, 5.41) is 4.98. The molecule has 0 radical (unpaired) electrons. The first-order chi connectivity index (χ1) is 9.86. The summed E-state index contributed by atoms with van der Waals surface area (Å²) in [6.07, 6.45) is 0. The molecule has 2 rings (SSSR count). The first-order valence-corrected chi connectivity index (χ1v) is 8.24. The van der Waals surface area contributed by atoms with Gasteiger partial charge in [0.1, 0.15) is 6.61 Å². The fraction of sp³-hybridized carbons (Fsp3) is 0.0714. The Morgan fingerprint density at radius 3 is 2.38 bits per heavy atom. The van der Waals surface area contributed by atoms with Crippen molar-refractivity contribution in [2.24, 2.45) is 5.14 Å². The molecule has 0 unspecified atom stereocenters. The van der Waals surface area contributed by atoms with Crippen LogP contribution in [-0.4, -0.2) is 14.4 Å². The summed E-state index contributed by atoms with van der Waals surface area (Å²) in [6.45, 7) is 0.134. The lowest BCUT2D eigenvalue weighted by Gasteiger charge is -2.06. The van der Waals surface area contributed by atoms with E-state index in [4.69, 9.17) is 9.88 Å². The number of hydrogen-bond donors (Lipinski definition) is 1. The van der Waals surface area contributed by atoms with Crippen molar-refractivity contribution >= 4 is 31.9 Å². The average Bonchev–Trinajstić information content (AvgIpc) is 2.44. The van der Waals surface area contributed by atoms with E-state index in [1.54, 1.807) is 0 Å². The number of rotatable bonds is 4. The zero-order chi connectivity index (χ0) is 15.5. The predicted octanol–water partition coefficient (Wildman–Crippen LogP) is 2.45. The van der Waals surface area contributed by atoms with Crippen LogP contribution in [0.15, 0.2) is 57.9 Å². The molecular formula is C14H12BrNO4S. The number of primary sulfonamides is 1. The van der Waals surface area contributed by atoms with Crippen molar-refractivity contribution in [3.63, 3.8) is 0 Å². The number of hydrogen-bond acceptors (Lipinski definition) is 4. The second kappa shape index (κ2) is 6.38. The van der Waals surface area contributed by atoms with Crippen LogP contribution in [-0.2, 0) is 21.4 Å². The number of benzene rings is 2. The number of sulfonamides is 1. The Kier molecular flexibility index (Phi) is 4.76. The molecule has 0 atom stereocenters. The molecule has 7 heteroatoms. The summed E-state index contributed by atoms with van der Waals surface area (Å²) in [6, 6.07) is 12.7. The maximum absolute atomic E-state index is 11.8. The lowest BCUT2D eigenvalue weighted by atomic mass is 10.2. The molecule has 0 aromatic heterocycles. The molecule has 0 aliphatic heterocycles. The van der Waals surface area contributed by atoms with E-state index >= 15 is 0 Å². The van der Waals surface area contributed by atoms with Gasteiger partial charge in [0.25, 0.3) is 0 Å². The van der Waals surface area contributed by atoms with Crippen LogP contribution in [0.4, 0.5) is 0 Å². The van der Waals surface area contributed by atoms with Crippen molar-refractivity contribution < 1.29 is 17.9 Å². The zero-order valence-corrected chi connectivity index (χ0v) is 13.2. The number of ether oxygens (including phenoxy) is 1. The summed E-state index contributed by atoms with van der Waals surface area (Å²) in [5.41, 5.74) is 1.11. The lowest BCUT2D eigenvalue weighted by Crippen LogP contribution is -2.12. The number of nitrogens with two attached hydrogens (primary N) is 1. The molecule has 0 amide bonds. The van der Waals surface area contributed by atoms with Gasteiger partial charge in [0.05, 0.1) is 10.5 Å². The fourth-order valence-corrected chi connectivity index (χ4v) is 2.60. The summed E-state index contributed by atoms with van der Waals surface area (Å²) < 4.78 is 28.3. The molecule has 0 spiro atoms. The van der Waals surface area contributed by atoms with Gasteiger partial charge in [0.2, 0.25) is 10.0 Å². The van der Waals surface area contributed by atoms with E-state index in [0.29, 0.717) is 0 Å². The Morgan fingerprint density at radius 1 is 1.14 bits per heavy atom. The van der Waals surface area contributed by atoms with Gasteiger partial charge in [-0.25, -0.2) is 18.4 Å². The van der Waals surface area contributed by atoms with E-state index in [1.807, 2.05) is 24.3 Å². The Bertz CT molecular complexity index is 757. The molecule has 2 aromatic rings. The topological polar surface area (TPSA) is 86.5 Å². The molecule has 0 fully saturated rings. The van der Waals surface area contributed by atoms with Crippen molar-refractivity contribution in [2.45, 2.75) is 11.5 Å². The van der Waals surface area contributed by atoms with E-state index in [9.17, 15) is 13.2 Å². The molecule has 110 valence electrons. The molecule has 5 nitrogen and oxygen atoms in total. The second-order valence-corrected chi connectivity index (χ2v) is 6.75. The first-order valence-electron chi connectivity index (χ1n) is 5.91. The van der Waals surface area contributed by atoms with Gasteiger partial charge in [0, 0.05) is 4.47 Å². The van der Waals surface area contributed by atoms with Crippen LogP contribution in [0.2, 0.25) is 0 Å². The van der Waals surface area contributed by atoms with Crippen LogP contribution in [0.1, 0.15) is 15.9 Å². The average molecular weight is 370 g/mol. The van der Waals surface area contributed by atoms with Crippen LogP contribution >= 0.6 is 15.9 Å². The van der Waals surface area contributed by atoms with E-state index in [-0.39, 0.29) is 17.1 Å². The van der Waals surface area contributed by atoms with Crippen molar-refractivity contribution in [2.75, 3.05) is 0 Å². The molecule has 2 aromatic carbocycles. The van der Waals surface area contributed by atoms with Crippen molar-refractivity contribution in [1.82, 2.24) is 0 Å². The number of carbonyl (C=O) groups is 1. The summed E-state index contributed by atoms with van der Waals surface area (Å²) >= 11 is 3.33. The Hall–Kier alpha value is -1.70. The highest BCUT2D eigenvalue weighted by atomic mass is 79.9. The van der Waals surface area contributed by atoms with Gasteiger partial charge in [-0.15, -0.1) is 0 Å². The quantitative estimate of drug-likeness (QED) is 0.838. The maximum Gasteiger partial charge on any atom is 0.338 e. The predicted molar refractivity (Wildman–Crippen MR) is 81.1 cm³/mol. The fourth-order valence-electron chi connectivity index (χ4n) is 1.64. The van der Waals surface area contributed by atoms with E-state index in [2.05, 4.69) is 15.9 Å². The Labute approximate surface area is 130 Å². The van der Waals surface area contributed by atoms with Crippen molar-refractivity contribution in [3.05, 3.63) is 64.1 Å². The highest BCUT2D eigenvalue weighted by molar-refractivity contribution is 9.10. The Morgan fingerprint density at radius 2 is 1.81 bits per heavy atom. The largest absolute Gasteiger partial charge is 0.457 e. The minimum absolute atomic E-state index is 0.0500. The molecule has 0 heterocycles. The summed E-state index contributed by atoms with van der Waals surface area (Å²) in [5.74, 6) is -0.532. The third-order valence-corrected chi connectivity index (χ3v) is 4.10. The number of carbonyl (C=O) groups excluding carboxylic acids is 1. The molecule has 21 heavy (non-hydrogen) atoms. The van der Waals surface area contributed by atoms with E-state index in [1.165, 1.54) is 24.3 Å². The van der Waals surface area contributed by atoms with E-state index < -0.39 is 16.0 Å². The molecule has 0 aliphatic carbocycles. The van der Waals surface area contributed by atoms with Crippen LogP contribution in [0, 0.1) is 0 Å². The third kappa shape index (κ3) is 4.38. The standard InChI is InChI=1S/C14H12BrNO4S/c15-12-3-1-2-10(8-12)9-20-14(17)11-4-6-13(7-5-11)21(16,18)19/h1-8H,9H2,(H2,16,18,19). The molecular weight excluding hydrogens is 358 g/mol. The van der Waals surface area contributed by atoms with Crippen molar-refractivity contribution in [1.29, 1.82) is 0 Å². The molecule has 0 saturated carbocycles. The summed E-state index contributed by atoms with van der Waals surface area (Å²) in [7, 11) is -3.76. The SMILES string of the molecule is NS(=O)(=O)c1ccc(C(=O)OCc2cccc(Br)c2)cc1. The molecule has 0 saturated heterocycles. The van der Waals surface area contributed by atoms with Crippen LogP contribution < -0.4 is 5.14 Å². The molecule has 0 aliphatic rings. The number of halogens is 1. The van der Waals surface area contributed by atoms with Crippen LogP contribution in [0.25, 0.3) is 0 Å². The van der Waals surface area contributed by atoms with Gasteiger partial charge in [-0.2, -0.15) is 0 Å². The van der Waals surface area contributed by atoms with Crippen LogP contribution in [0.3, 0.4) is 0 Å². The highest BCUT2D eigenvalue weighted by Crippen LogP contribution is 2.14. The van der Waals surface area contributed by atoms with E-state index in [0.717, 1.165) is 10.0 Å². The van der Waals surface area contributed by atoms with Gasteiger partial charge in [-0.05, 0) is 42.0 Å². The third-order valence-electron chi connectivity index (χ3n) is 2.68. The summed E-state index contributed by atoms with van der Waals surface area (Å²) in [4.78, 5) is 11.8.